The van der Waals surface area contributed by atoms with Crippen molar-refractivity contribution in [2.24, 2.45) is 0 Å². The van der Waals surface area contributed by atoms with Gasteiger partial charge in [-0.15, -0.1) is 0 Å². The minimum absolute atomic E-state index is 0. The molecular weight excluding hydrogens is 246 g/mol. The first-order valence-corrected chi connectivity index (χ1v) is 8.29. The van der Waals surface area contributed by atoms with Crippen molar-refractivity contribution in [1.29, 1.82) is 0 Å². The minimum atomic E-state index is 0. The largest absolute Gasteiger partial charge is 0.494 e. The minimum Gasteiger partial charge on any atom is -0.494 e. The zero-order valence-corrected chi connectivity index (χ0v) is 13.9. The lowest BCUT2D eigenvalue weighted by Gasteiger charge is -2.07. The van der Waals surface area contributed by atoms with Gasteiger partial charge >= 0.3 is 0 Å². The highest BCUT2D eigenvalue weighted by Gasteiger charge is 1.96. The quantitative estimate of drug-likeness (QED) is 0.605. The van der Waals surface area contributed by atoms with Crippen LogP contribution in [-0.4, -0.2) is 19.7 Å². The van der Waals surface area contributed by atoms with Crippen molar-refractivity contribution >= 4 is 0 Å². The van der Waals surface area contributed by atoms with Crippen LogP contribution in [0.1, 0.15) is 60.4 Å². The van der Waals surface area contributed by atoms with Crippen molar-refractivity contribution in [3.8, 4) is 5.75 Å². The molecule has 0 saturated carbocycles. The van der Waals surface area contributed by atoms with Crippen LogP contribution in [0, 0.1) is 0 Å². The van der Waals surface area contributed by atoms with E-state index in [4.69, 9.17) is 4.74 Å². The number of hydrogen-bond donors (Lipinski definition) is 1. The molecule has 2 nitrogen and oxygen atoms in total. The molecule has 0 aromatic heterocycles. The number of benzene rings is 1. The fourth-order valence-electron chi connectivity index (χ4n) is 1.83. The molecule has 0 fully saturated rings. The van der Waals surface area contributed by atoms with Gasteiger partial charge in [0.15, 0.2) is 0 Å². The molecule has 20 heavy (non-hydrogen) atoms. The Balaban J connectivity index is 0. The molecule has 0 saturated heterocycles. The zero-order chi connectivity index (χ0) is 15.1. The van der Waals surface area contributed by atoms with Crippen molar-refractivity contribution < 1.29 is 6.16 Å². The van der Waals surface area contributed by atoms with Crippen LogP contribution >= 0.6 is 0 Å². The third kappa shape index (κ3) is 9.85. The smallest absolute Gasteiger partial charge is 0.119 e. The molecule has 1 aromatic rings. The Kier molecular flexibility index (Phi) is 13.7. The third-order valence-electron chi connectivity index (χ3n) is 2.96. The maximum Gasteiger partial charge on any atom is 0.119 e. The molecule has 0 radical (unpaired) electrons. The Bertz CT molecular complexity index is 270. The van der Waals surface area contributed by atoms with E-state index in [0.717, 1.165) is 38.3 Å². The lowest BCUT2D eigenvalue weighted by molar-refractivity contribution is 0.306. The van der Waals surface area contributed by atoms with Crippen molar-refractivity contribution in [2.75, 3.05) is 19.7 Å². The summed E-state index contributed by atoms with van der Waals surface area (Å²) in [5.74, 6) is 0.997. The summed E-state index contributed by atoms with van der Waals surface area (Å²) in [7, 11) is 0. The van der Waals surface area contributed by atoms with Gasteiger partial charge in [-0.25, -0.2) is 0 Å². The van der Waals surface area contributed by atoms with E-state index in [9.17, 15) is 0 Å². The summed E-state index contributed by atoms with van der Waals surface area (Å²) in [6, 6.07) is 8.51. The fourth-order valence-corrected chi connectivity index (χ4v) is 1.83. The summed E-state index contributed by atoms with van der Waals surface area (Å²) in [5.41, 5.74) is 1.37. The lowest BCUT2D eigenvalue weighted by Crippen LogP contribution is -2.17. The number of rotatable bonds is 10. The molecule has 1 N–H and O–H groups in total. The molecule has 0 aliphatic rings. The summed E-state index contributed by atoms with van der Waals surface area (Å²) in [5, 5.41) is 3.42. The standard InChI is InChI=1S/C16H27NO.C2H6.H2/c1-3-5-6-14-18-16-9-7-15(8-10-16)11-13-17-12-4-2;1-2;/h7-10,17H,3-6,11-14H2,1-2H3;1-2H3;1H. The molecule has 1 rings (SSSR count). The van der Waals surface area contributed by atoms with Gasteiger partial charge in [-0.1, -0.05) is 52.7 Å². The molecule has 1 aromatic carbocycles. The Morgan fingerprint density at radius 2 is 1.65 bits per heavy atom. The van der Waals surface area contributed by atoms with E-state index >= 15 is 0 Å². The summed E-state index contributed by atoms with van der Waals surface area (Å²) >= 11 is 0. The van der Waals surface area contributed by atoms with Crippen LogP contribution in [-0.2, 0) is 6.42 Å². The van der Waals surface area contributed by atoms with Crippen molar-refractivity contribution in [3.05, 3.63) is 29.8 Å². The van der Waals surface area contributed by atoms with E-state index in [0.29, 0.717) is 0 Å². The molecule has 0 unspecified atom stereocenters. The SMILES string of the molecule is CC.CCCCCOc1ccc(CCNCCC)cc1.[HH]. The maximum atomic E-state index is 5.69. The third-order valence-corrected chi connectivity index (χ3v) is 2.96. The monoisotopic (exact) mass is 281 g/mol. The van der Waals surface area contributed by atoms with E-state index in [-0.39, 0.29) is 1.43 Å². The zero-order valence-electron chi connectivity index (χ0n) is 13.9. The van der Waals surface area contributed by atoms with Crippen LogP contribution in [0.4, 0.5) is 0 Å². The molecular formula is C18H35NO. The summed E-state index contributed by atoms with van der Waals surface area (Å²) in [6.07, 6.45) is 5.94. The number of hydrogen-bond acceptors (Lipinski definition) is 2. The van der Waals surface area contributed by atoms with Gasteiger partial charge in [-0.2, -0.15) is 0 Å². The molecule has 0 spiro atoms. The first-order chi connectivity index (χ1) is 9.86. The van der Waals surface area contributed by atoms with Crippen molar-refractivity contribution in [1.82, 2.24) is 5.32 Å². The molecule has 0 amide bonds. The Morgan fingerprint density at radius 1 is 0.950 bits per heavy atom. The van der Waals surface area contributed by atoms with Gasteiger partial charge in [-0.05, 0) is 50.0 Å². The van der Waals surface area contributed by atoms with Gasteiger partial charge in [0, 0.05) is 1.43 Å². The van der Waals surface area contributed by atoms with Crippen molar-refractivity contribution in [2.45, 2.75) is 59.8 Å². The van der Waals surface area contributed by atoms with Crippen LogP contribution < -0.4 is 10.1 Å². The average Bonchev–Trinajstić information content (AvgIpc) is 2.51. The van der Waals surface area contributed by atoms with Crippen LogP contribution in [0.15, 0.2) is 24.3 Å². The van der Waals surface area contributed by atoms with Gasteiger partial charge < -0.3 is 10.1 Å². The van der Waals surface area contributed by atoms with Crippen LogP contribution in [0.5, 0.6) is 5.75 Å². The first kappa shape index (κ1) is 19.0. The van der Waals surface area contributed by atoms with Gasteiger partial charge in [0.05, 0.1) is 6.61 Å². The van der Waals surface area contributed by atoms with E-state index < -0.39 is 0 Å². The summed E-state index contributed by atoms with van der Waals surface area (Å²) in [4.78, 5) is 0. The van der Waals surface area contributed by atoms with E-state index in [2.05, 4.69) is 43.4 Å². The second-order valence-corrected chi connectivity index (χ2v) is 4.70. The number of unbranched alkanes of at least 4 members (excludes halogenated alkanes) is 2. The van der Waals surface area contributed by atoms with Gasteiger partial charge in [-0.3, -0.25) is 0 Å². The predicted octanol–water partition coefficient (Wildman–Crippen LogP) is 5.07. The molecule has 0 bridgehead atoms. The van der Waals surface area contributed by atoms with Gasteiger partial charge in [0.1, 0.15) is 5.75 Å². The average molecular weight is 281 g/mol. The van der Waals surface area contributed by atoms with E-state index in [1.54, 1.807) is 0 Å². The Hall–Kier alpha value is -1.02. The second kappa shape index (κ2) is 14.4. The maximum absolute atomic E-state index is 5.69. The van der Waals surface area contributed by atoms with E-state index in [1.165, 1.54) is 24.8 Å². The summed E-state index contributed by atoms with van der Waals surface area (Å²) in [6.45, 7) is 11.4. The van der Waals surface area contributed by atoms with Crippen LogP contribution in [0.3, 0.4) is 0 Å². The molecule has 2 heteroatoms. The highest BCUT2D eigenvalue weighted by Crippen LogP contribution is 2.13. The number of nitrogens with one attached hydrogen (secondary N) is 1. The molecule has 118 valence electrons. The normalized spacial score (nSPS) is 9.80. The predicted molar refractivity (Wildman–Crippen MR) is 91.8 cm³/mol. The van der Waals surface area contributed by atoms with Gasteiger partial charge in [0.2, 0.25) is 0 Å². The lowest BCUT2D eigenvalue weighted by atomic mass is 10.1. The highest BCUT2D eigenvalue weighted by atomic mass is 16.5. The molecule has 0 aliphatic carbocycles. The van der Waals surface area contributed by atoms with Crippen molar-refractivity contribution in [3.63, 3.8) is 0 Å². The second-order valence-electron chi connectivity index (χ2n) is 4.70. The van der Waals surface area contributed by atoms with Crippen LogP contribution in [0.25, 0.3) is 0 Å². The van der Waals surface area contributed by atoms with Crippen LogP contribution in [0.2, 0.25) is 0 Å². The fraction of sp³-hybridized carbons (Fsp3) is 0.667. The molecule has 0 aliphatic heterocycles. The molecule has 0 heterocycles. The molecule has 0 atom stereocenters. The van der Waals surface area contributed by atoms with Gasteiger partial charge in [0.25, 0.3) is 0 Å². The highest BCUT2D eigenvalue weighted by molar-refractivity contribution is 5.27. The Morgan fingerprint density at radius 3 is 2.25 bits per heavy atom. The first-order valence-electron chi connectivity index (χ1n) is 8.29. The Labute approximate surface area is 127 Å². The summed E-state index contributed by atoms with van der Waals surface area (Å²) < 4.78 is 5.69. The van der Waals surface area contributed by atoms with E-state index in [1.807, 2.05) is 13.8 Å². The topological polar surface area (TPSA) is 21.3 Å². The number of ether oxygens (including phenoxy) is 1.